The van der Waals surface area contributed by atoms with Crippen LogP contribution in [0.15, 0.2) is 23.3 Å². The van der Waals surface area contributed by atoms with E-state index in [2.05, 4.69) is 27.7 Å². The lowest BCUT2D eigenvalue weighted by molar-refractivity contribution is -0.137. The maximum Gasteiger partial charge on any atom is 0.331 e. The van der Waals surface area contributed by atoms with E-state index >= 15 is 0 Å². The Morgan fingerprint density at radius 1 is 1.17 bits per heavy atom. The van der Waals surface area contributed by atoms with Crippen LogP contribution in [0.4, 0.5) is 0 Å². The van der Waals surface area contributed by atoms with Crippen LogP contribution in [0.3, 0.4) is 0 Å². The van der Waals surface area contributed by atoms with E-state index in [1.165, 1.54) is 12.0 Å². The quantitative estimate of drug-likeness (QED) is 0.732. The third-order valence-corrected chi connectivity index (χ3v) is 6.45. The van der Waals surface area contributed by atoms with Crippen LogP contribution in [0, 0.1) is 22.7 Å². The van der Waals surface area contributed by atoms with Gasteiger partial charge >= 0.3 is 5.97 Å². The van der Waals surface area contributed by atoms with E-state index in [0.717, 1.165) is 31.3 Å². The second-order valence-electron chi connectivity index (χ2n) is 8.57. The molecule has 0 spiro atoms. The molecule has 3 nitrogen and oxygen atoms in total. The minimum absolute atomic E-state index is 0.0434. The van der Waals surface area contributed by atoms with E-state index in [1.54, 1.807) is 6.08 Å². The SMILES string of the molecule is CC1=CC(=O)C2C(C)(C)CCCC2(C)C1CCC1=CC(=O)OC1. The highest BCUT2D eigenvalue weighted by atomic mass is 16.5. The van der Waals surface area contributed by atoms with Crippen molar-refractivity contribution in [2.45, 2.75) is 59.8 Å². The predicted molar refractivity (Wildman–Crippen MR) is 89.8 cm³/mol. The van der Waals surface area contributed by atoms with Crippen molar-refractivity contribution in [3.05, 3.63) is 23.3 Å². The first-order chi connectivity index (χ1) is 10.7. The van der Waals surface area contributed by atoms with Crippen LogP contribution in [-0.4, -0.2) is 18.4 Å². The van der Waals surface area contributed by atoms with Gasteiger partial charge in [-0.3, -0.25) is 4.79 Å². The van der Waals surface area contributed by atoms with E-state index in [4.69, 9.17) is 4.74 Å². The van der Waals surface area contributed by atoms with Crippen molar-refractivity contribution in [1.29, 1.82) is 0 Å². The highest BCUT2D eigenvalue weighted by Crippen LogP contribution is 2.59. The second kappa shape index (κ2) is 5.61. The Kier molecular flexibility index (Phi) is 4.02. The largest absolute Gasteiger partial charge is 0.458 e. The second-order valence-corrected chi connectivity index (χ2v) is 8.57. The molecule has 3 rings (SSSR count). The number of cyclic esters (lactones) is 1. The maximum atomic E-state index is 12.8. The lowest BCUT2D eigenvalue weighted by Gasteiger charge is -2.55. The first kappa shape index (κ1) is 16.5. The molecule has 2 aliphatic carbocycles. The molecule has 0 aromatic rings. The zero-order valence-corrected chi connectivity index (χ0v) is 14.8. The smallest absolute Gasteiger partial charge is 0.331 e. The van der Waals surface area contributed by atoms with E-state index < -0.39 is 0 Å². The van der Waals surface area contributed by atoms with E-state index in [9.17, 15) is 9.59 Å². The van der Waals surface area contributed by atoms with Crippen molar-refractivity contribution in [1.82, 2.24) is 0 Å². The summed E-state index contributed by atoms with van der Waals surface area (Å²) in [5.41, 5.74) is 2.43. The van der Waals surface area contributed by atoms with Crippen molar-refractivity contribution in [3.63, 3.8) is 0 Å². The predicted octanol–water partition coefficient (Wildman–Crippen LogP) is 4.23. The van der Waals surface area contributed by atoms with Crippen LogP contribution in [0.2, 0.25) is 0 Å². The lowest BCUT2D eigenvalue weighted by Crippen LogP contribution is -2.52. The van der Waals surface area contributed by atoms with Crippen molar-refractivity contribution < 1.29 is 14.3 Å². The lowest BCUT2D eigenvalue weighted by atomic mass is 9.48. The topological polar surface area (TPSA) is 43.4 Å². The molecule has 0 saturated heterocycles. The molecule has 1 aliphatic heterocycles. The number of ether oxygens (including phenoxy) is 1. The molecular weight excluding hydrogens is 288 g/mol. The van der Waals surface area contributed by atoms with Crippen LogP contribution in [0.25, 0.3) is 0 Å². The standard InChI is InChI=1S/C20H28O3/c1-13-10-16(21)18-19(2,3)8-5-9-20(18,4)15(13)7-6-14-11-17(22)23-12-14/h10-11,15,18H,5-9,12H2,1-4H3. The number of esters is 1. The fourth-order valence-electron chi connectivity index (χ4n) is 5.57. The normalized spacial score (nSPS) is 36.2. The molecule has 0 aromatic heterocycles. The molecule has 1 heterocycles. The van der Waals surface area contributed by atoms with Gasteiger partial charge in [-0.15, -0.1) is 0 Å². The summed E-state index contributed by atoms with van der Waals surface area (Å²) in [5.74, 6) is 0.646. The van der Waals surface area contributed by atoms with Crippen LogP contribution in [0.1, 0.15) is 59.8 Å². The molecule has 0 bridgehead atoms. The summed E-state index contributed by atoms with van der Waals surface area (Å²) < 4.78 is 5.01. The number of ketones is 1. The molecule has 0 radical (unpaired) electrons. The van der Waals surface area contributed by atoms with Gasteiger partial charge in [0.25, 0.3) is 0 Å². The molecule has 3 unspecified atom stereocenters. The molecule has 0 N–H and O–H groups in total. The van der Waals surface area contributed by atoms with Gasteiger partial charge in [-0.05, 0) is 61.0 Å². The van der Waals surface area contributed by atoms with Gasteiger partial charge in [0.2, 0.25) is 0 Å². The molecule has 1 fully saturated rings. The Bertz CT molecular complexity index is 596. The number of hydrogen-bond acceptors (Lipinski definition) is 3. The van der Waals surface area contributed by atoms with Gasteiger partial charge in [-0.2, -0.15) is 0 Å². The van der Waals surface area contributed by atoms with Crippen LogP contribution < -0.4 is 0 Å². The molecular formula is C20H28O3. The molecule has 126 valence electrons. The third-order valence-electron chi connectivity index (χ3n) is 6.45. The van der Waals surface area contributed by atoms with E-state index in [1.807, 2.05) is 6.08 Å². The molecule has 3 aliphatic rings. The van der Waals surface area contributed by atoms with Crippen molar-refractivity contribution in [3.8, 4) is 0 Å². The average Bonchev–Trinajstić information content (AvgIpc) is 2.82. The third kappa shape index (κ3) is 2.79. The molecule has 0 aromatic carbocycles. The zero-order valence-electron chi connectivity index (χ0n) is 14.8. The summed E-state index contributed by atoms with van der Waals surface area (Å²) in [4.78, 5) is 24.0. The number of fused-ring (bicyclic) bond motifs is 1. The van der Waals surface area contributed by atoms with Crippen molar-refractivity contribution >= 4 is 11.8 Å². The van der Waals surface area contributed by atoms with Gasteiger partial charge in [-0.1, -0.05) is 32.8 Å². The van der Waals surface area contributed by atoms with Gasteiger partial charge in [0.05, 0.1) is 0 Å². The van der Waals surface area contributed by atoms with E-state index in [0.29, 0.717) is 18.3 Å². The Morgan fingerprint density at radius 2 is 1.91 bits per heavy atom. The fraction of sp³-hybridized carbons (Fsp3) is 0.700. The average molecular weight is 316 g/mol. The minimum Gasteiger partial charge on any atom is -0.458 e. The van der Waals surface area contributed by atoms with Crippen LogP contribution in [-0.2, 0) is 14.3 Å². The highest BCUT2D eigenvalue weighted by Gasteiger charge is 2.55. The number of carbonyl (C=O) groups is 2. The summed E-state index contributed by atoms with van der Waals surface area (Å²) in [6, 6.07) is 0. The van der Waals surface area contributed by atoms with Crippen LogP contribution in [0.5, 0.6) is 0 Å². The summed E-state index contributed by atoms with van der Waals surface area (Å²) in [5, 5.41) is 0. The first-order valence-electron chi connectivity index (χ1n) is 8.82. The first-order valence-corrected chi connectivity index (χ1v) is 8.82. The summed E-state index contributed by atoms with van der Waals surface area (Å²) in [7, 11) is 0. The maximum absolute atomic E-state index is 12.8. The van der Waals surface area contributed by atoms with Gasteiger partial charge in [0.15, 0.2) is 5.78 Å². The fourth-order valence-corrected chi connectivity index (χ4v) is 5.57. The zero-order chi connectivity index (χ0) is 16.8. The molecule has 23 heavy (non-hydrogen) atoms. The monoisotopic (exact) mass is 316 g/mol. The van der Waals surface area contributed by atoms with Crippen molar-refractivity contribution in [2.24, 2.45) is 22.7 Å². The summed E-state index contributed by atoms with van der Waals surface area (Å²) in [6.07, 6.45) is 8.87. The van der Waals surface area contributed by atoms with Crippen molar-refractivity contribution in [2.75, 3.05) is 6.61 Å². The summed E-state index contributed by atoms with van der Waals surface area (Å²) in [6.45, 7) is 9.38. The number of carbonyl (C=O) groups excluding carboxylic acids is 2. The van der Waals surface area contributed by atoms with Gasteiger partial charge < -0.3 is 4.74 Å². The van der Waals surface area contributed by atoms with E-state index in [-0.39, 0.29) is 22.7 Å². The molecule has 3 atom stereocenters. The van der Waals surface area contributed by atoms with Crippen LogP contribution >= 0.6 is 0 Å². The molecule has 0 amide bonds. The number of allylic oxidation sites excluding steroid dienone is 2. The Labute approximate surface area is 139 Å². The molecule has 3 heteroatoms. The Balaban J connectivity index is 1.86. The number of rotatable bonds is 3. The Hall–Kier alpha value is -1.38. The highest BCUT2D eigenvalue weighted by molar-refractivity contribution is 5.95. The number of hydrogen-bond donors (Lipinski definition) is 0. The van der Waals surface area contributed by atoms with Gasteiger partial charge in [0, 0.05) is 12.0 Å². The van der Waals surface area contributed by atoms with Gasteiger partial charge in [0.1, 0.15) is 6.61 Å². The summed E-state index contributed by atoms with van der Waals surface area (Å²) >= 11 is 0. The Morgan fingerprint density at radius 3 is 2.57 bits per heavy atom. The van der Waals surface area contributed by atoms with Gasteiger partial charge in [-0.25, -0.2) is 4.79 Å². The minimum atomic E-state index is -0.214. The molecule has 1 saturated carbocycles.